The Morgan fingerprint density at radius 2 is 1.95 bits per heavy atom. The van der Waals surface area contributed by atoms with E-state index in [1.807, 2.05) is 19.1 Å². The predicted octanol–water partition coefficient (Wildman–Crippen LogP) is 1.72. The maximum Gasteiger partial charge on any atom is 0.323 e. The highest BCUT2D eigenvalue weighted by atomic mass is 16.2. The molecule has 3 amide bonds. The van der Waals surface area contributed by atoms with Crippen molar-refractivity contribution in [2.24, 2.45) is 5.92 Å². The number of rotatable bonds is 2. The largest absolute Gasteiger partial charge is 0.349 e. The highest BCUT2D eigenvalue weighted by molar-refractivity contribution is 5.88. The fourth-order valence-corrected chi connectivity index (χ4v) is 2.50. The molecule has 1 N–H and O–H groups in total. The second-order valence-corrected chi connectivity index (χ2v) is 5.59. The number of carbonyl (C=O) groups excluding carboxylic acids is 2. The molecular formula is C15H22N4O2. The van der Waals surface area contributed by atoms with E-state index in [0.717, 1.165) is 5.69 Å². The van der Waals surface area contributed by atoms with Gasteiger partial charge in [-0.15, -0.1) is 0 Å². The zero-order valence-corrected chi connectivity index (χ0v) is 12.8. The lowest BCUT2D eigenvalue weighted by molar-refractivity contribution is -0.134. The van der Waals surface area contributed by atoms with Crippen LogP contribution in [-0.4, -0.2) is 53.9 Å². The summed E-state index contributed by atoms with van der Waals surface area (Å²) in [7, 11) is 3.54. The van der Waals surface area contributed by atoms with Gasteiger partial charge in [0.25, 0.3) is 0 Å². The van der Waals surface area contributed by atoms with Crippen LogP contribution < -0.4 is 5.32 Å². The summed E-state index contributed by atoms with van der Waals surface area (Å²) in [5, 5.41) is 2.80. The average Bonchev–Trinajstić information content (AvgIpc) is 2.46. The molecule has 0 aliphatic carbocycles. The standard InChI is InChI=1S/C15H22N4O2/c1-11-5-4-6-13(16-11)17-15(21)19-9-7-12(8-10-19)14(20)18(2)3/h4-6,12H,7-10H2,1-3H3,(H,16,17,21). The molecule has 6 heteroatoms. The SMILES string of the molecule is Cc1cccc(NC(=O)N2CCC(C(=O)N(C)C)CC2)n1. The number of nitrogens with zero attached hydrogens (tertiary/aromatic N) is 3. The van der Waals surface area contributed by atoms with Gasteiger partial charge in [-0.1, -0.05) is 6.07 Å². The fraction of sp³-hybridized carbons (Fsp3) is 0.533. The molecule has 114 valence electrons. The highest BCUT2D eigenvalue weighted by Gasteiger charge is 2.28. The van der Waals surface area contributed by atoms with Gasteiger partial charge in [0.05, 0.1) is 0 Å². The third-order valence-corrected chi connectivity index (χ3v) is 3.70. The van der Waals surface area contributed by atoms with Crippen LogP contribution in [0.2, 0.25) is 0 Å². The number of nitrogens with one attached hydrogen (secondary N) is 1. The molecule has 0 radical (unpaired) electrons. The fourth-order valence-electron chi connectivity index (χ4n) is 2.50. The van der Waals surface area contributed by atoms with Crippen molar-refractivity contribution >= 4 is 17.8 Å². The van der Waals surface area contributed by atoms with Crippen LogP contribution in [0.15, 0.2) is 18.2 Å². The number of anilines is 1. The molecule has 1 aromatic heterocycles. The number of urea groups is 1. The first-order chi connectivity index (χ1) is 9.97. The quantitative estimate of drug-likeness (QED) is 0.902. The Bertz CT molecular complexity index is 522. The normalized spacial score (nSPS) is 15.7. The number of aryl methyl sites for hydroxylation is 1. The molecule has 21 heavy (non-hydrogen) atoms. The van der Waals surface area contributed by atoms with Gasteiger partial charge in [0.2, 0.25) is 5.91 Å². The molecule has 1 saturated heterocycles. The van der Waals surface area contributed by atoms with E-state index in [9.17, 15) is 9.59 Å². The first kappa shape index (κ1) is 15.3. The summed E-state index contributed by atoms with van der Waals surface area (Å²) < 4.78 is 0. The van der Waals surface area contributed by atoms with Crippen molar-refractivity contribution in [1.82, 2.24) is 14.8 Å². The summed E-state index contributed by atoms with van der Waals surface area (Å²) in [5.74, 6) is 0.739. The van der Waals surface area contributed by atoms with Gasteiger partial charge in [0.1, 0.15) is 5.82 Å². The van der Waals surface area contributed by atoms with E-state index >= 15 is 0 Å². The molecule has 0 bridgehead atoms. The molecule has 0 spiro atoms. The zero-order valence-electron chi connectivity index (χ0n) is 12.8. The molecule has 1 aromatic rings. The van der Waals surface area contributed by atoms with Crippen LogP contribution in [0, 0.1) is 12.8 Å². The molecule has 0 unspecified atom stereocenters. The first-order valence-corrected chi connectivity index (χ1v) is 7.18. The second-order valence-electron chi connectivity index (χ2n) is 5.59. The Labute approximate surface area is 125 Å². The molecule has 1 fully saturated rings. The van der Waals surface area contributed by atoms with Gasteiger partial charge in [-0.25, -0.2) is 9.78 Å². The van der Waals surface area contributed by atoms with Crippen molar-refractivity contribution in [2.75, 3.05) is 32.5 Å². The van der Waals surface area contributed by atoms with Crippen molar-refractivity contribution in [3.05, 3.63) is 23.9 Å². The summed E-state index contributed by atoms with van der Waals surface area (Å²) in [6, 6.07) is 5.37. The van der Waals surface area contributed by atoms with E-state index in [2.05, 4.69) is 10.3 Å². The molecule has 1 aliphatic heterocycles. The van der Waals surface area contributed by atoms with Gasteiger partial charge < -0.3 is 9.80 Å². The molecular weight excluding hydrogens is 268 g/mol. The van der Waals surface area contributed by atoms with Crippen molar-refractivity contribution in [3.63, 3.8) is 0 Å². The van der Waals surface area contributed by atoms with Crippen LogP contribution in [0.1, 0.15) is 18.5 Å². The van der Waals surface area contributed by atoms with Crippen LogP contribution in [-0.2, 0) is 4.79 Å². The number of pyridine rings is 1. The Morgan fingerprint density at radius 3 is 2.52 bits per heavy atom. The third kappa shape index (κ3) is 3.93. The van der Waals surface area contributed by atoms with Crippen LogP contribution in [0.25, 0.3) is 0 Å². The summed E-state index contributed by atoms with van der Waals surface area (Å²) in [6.07, 6.45) is 1.43. The van der Waals surface area contributed by atoms with E-state index in [0.29, 0.717) is 31.7 Å². The van der Waals surface area contributed by atoms with E-state index < -0.39 is 0 Å². The van der Waals surface area contributed by atoms with Crippen molar-refractivity contribution < 1.29 is 9.59 Å². The summed E-state index contributed by atoms with van der Waals surface area (Å²) >= 11 is 0. The molecule has 2 rings (SSSR count). The summed E-state index contributed by atoms with van der Waals surface area (Å²) in [6.45, 7) is 3.08. The van der Waals surface area contributed by atoms with Gasteiger partial charge in [0, 0.05) is 38.8 Å². The lowest BCUT2D eigenvalue weighted by Gasteiger charge is -2.32. The van der Waals surface area contributed by atoms with Gasteiger partial charge in [0.15, 0.2) is 0 Å². The van der Waals surface area contributed by atoms with E-state index in [-0.39, 0.29) is 17.9 Å². The van der Waals surface area contributed by atoms with Crippen molar-refractivity contribution in [2.45, 2.75) is 19.8 Å². The smallest absolute Gasteiger partial charge is 0.323 e. The monoisotopic (exact) mass is 290 g/mol. The van der Waals surface area contributed by atoms with E-state index in [1.54, 1.807) is 30.0 Å². The molecule has 2 heterocycles. The molecule has 1 aliphatic rings. The van der Waals surface area contributed by atoms with Gasteiger partial charge in [-0.05, 0) is 31.9 Å². The van der Waals surface area contributed by atoms with E-state index in [4.69, 9.17) is 0 Å². The minimum atomic E-state index is -0.149. The number of likely N-dealkylation sites (tertiary alicyclic amines) is 1. The molecule has 6 nitrogen and oxygen atoms in total. The number of hydrogen-bond acceptors (Lipinski definition) is 3. The third-order valence-electron chi connectivity index (χ3n) is 3.70. The van der Waals surface area contributed by atoms with Crippen LogP contribution in [0.3, 0.4) is 0 Å². The van der Waals surface area contributed by atoms with Crippen molar-refractivity contribution in [3.8, 4) is 0 Å². The maximum absolute atomic E-state index is 12.2. The van der Waals surface area contributed by atoms with Crippen LogP contribution >= 0.6 is 0 Å². The van der Waals surface area contributed by atoms with Crippen LogP contribution in [0.5, 0.6) is 0 Å². The van der Waals surface area contributed by atoms with Crippen molar-refractivity contribution in [1.29, 1.82) is 0 Å². The second kappa shape index (κ2) is 6.56. The molecule has 0 saturated carbocycles. The average molecular weight is 290 g/mol. The van der Waals surface area contributed by atoms with E-state index in [1.165, 1.54) is 0 Å². The number of aromatic nitrogens is 1. The number of piperidine rings is 1. The van der Waals surface area contributed by atoms with Gasteiger partial charge >= 0.3 is 6.03 Å². The lowest BCUT2D eigenvalue weighted by atomic mass is 9.96. The minimum Gasteiger partial charge on any atom is -0.349 e. The predicted molar refractivity (Wildman–Crippen MR) is 81.0 cm³/mol. The van der Waals surface area contributed by atoms with Gasteiger partial charge in [-0.2, -0.15) is 0 Å². The number of hydrogen-bond donors (Lipinski definition) is 1. The van der Waals surface area contributed by atoms with Gasteiger partial charge in [-0.3, -0.25) is 10.1 Å². The summed E-state index contributed by atoms with van der Waals surface area (Å²) in [5.41, 5.74) is 0.864. The zero-order chi connectivity index (χ0) is 15.4. The Balaban J connectivity index is 1.87. The number of amides is 3. The Hall–Kier alpha value is -2.11. The van der Waals surface area contributed by atoms with Crippen LogP contribution in [0.4, 0.5) is 10.6 Å². The maximum atomic E-state index is 12.2. The topological polar surface area (TPSA) is 65.5 Å². The number of carbonyl (C=O) groups is 2. The molecule has 0 atom stereocenters. The highest BCUT2D eigenvalue weighted by Crippen LogP contribution is 2.19. The Kier molecular flexibility index (Phi) is 4.77. The lowest BCUT2D eigenvalue weighted by Crippen LogP contribution is -2.44. The first-order valence-electron chi connectivity index (χ1n) is 7.18. The molecule has 0 aromatic carbocycles. The Morgan fingerprint density at radius 1 is 1.29 bits per heavy atom. The summed E-state index contributed by atoms with van der Waals surface area (Å²) in [4.78, 5) is 31.7. The minimum absolute atomic E-state index is 0.0288.